The Balaban J connectivity index is 0.767. The lowest BCUT2D eigenvalue weighted by Gasteiger charge is -2.37. The number of primary amides is 1. The second-order valence-electron chi connectivity index (χ2n) is 19.3. The van der Waals surface area contributed by atoms with E-state index in [1.165, 1.54) is 29.0 Å². The number of benzene rings is 2. The number of piperazine rings is 1. The lowest BCUT2D eigenvalue weighted by molar-refractivity contribution is -0.139. The monoisotopic (exact) mass is 1010 g/mol. The first-order chi connectivity index (χ1) is 35.0. The number of phenolic OH excluding ortho intramolecular Hbond substituents is 2. The number of hydrogen-bond acceptors (Lipinski definition) is 14. The van der Waals surface area contributed by atoms with Gasteiger partial charge in [-0.1, -0.05) is 30.7 Å². The van der Waals surface area contributed by atoms with Gasteiger partial charge in [0.25, 0.3) is 0 Å². The summed E-state index contributed by atoms with van der Waals surface area (Å²) in [7, 11) is 1.37. The molecular weight excluding hydrogens is 949 g/mol. The number of rotatable bonds is 18. The number of carbonyl (C=O) groups is 10. The Hall–Kier alpha value is -7.78. The summed E-state index contributed by atoms with van der Waals surface area (Å²) in [6, 6.07) is 3.83. The van der Waals surface area contributed by atoms with Crippen LogP contribution in [0.25, 0.3) is 0 Å². The van der Waals surface area contributed by atoms with E-state index in [4.69, 9.17) is 15.2 Å². The minimum absolute atomic E-state index is 0.0142. The molecule has 73 heavy (non-hydrogen) atoms. The van der Waals surface area contributed by atoms with Gasteiger partial charge in [0.1, 0.15) is 22.8 Å². The second-order valence-corrected chi connectivity index (χ2v) is 19.3. The third kappa shape index (κ3) is 11.0. The number of carbonyl (C=O) groups excluding carboxylic acids is 10. The maximum Gasteiger partial charge on any atom is 0.409 e. The molecule has 3 fully saturated rings. The Morgan fingerprint density at radius 1 is 0.836 bits per heavy atom. The van der Waals surface area contributed by atoms with Crippen molar-refractivity contribution in [2.45, 2.75) is 82.6 Å². The van der Waals surface area contributed by atoms with Crippen LogP contribution in [0, 0.1) is 17.8 Å². The number of unbranched alkanes of at least 4 members (excludes halogenated alkanes) is 2. The highest BCUT2D eigenvalue weighted by atomic mass is 16.6. The number of amides is 9. The summed E-state index contributed by atoms with van der Waals surface area (Å²) in [5, 5.41) is 33.5. The van der Waals surface area contributed by atoms with Crippen molar-refractivity contribution in [1.82, 2.24) is 36.0 Å². The van der Waals surface area contributed by atoms with Crippen molar-refractivity contribution in [2.24, 2.45) is 23.5 Å². The average Bonchev–Trinajstić information content (AvgIpc) is 3.99. The van der Waals surface area contributed by atoms with Crippen molar-refractivity contribution >= 4 is 59.1 Å². The maximum absolute atomic E-state index is 13.8. The Kier molecular flexibility index (Phi) is 15.5. The van der Waals surface area contributed by atoms with Crippen molar-refractivity contribution in [1.29, 1.82) is 0 Å². The zero-order valence-electron chi connectivity index (χ0n) is 40.6. The van der Waals surface area contributed by atoms with Gasteiger partial charge in [0, 0.05) is 92.8 Å². The van der Waals surface area contributed by atoms with Crippen LogP contribution in [0.5, 0.6) is 17.2 Å². The molecule has 22 nitrogen and oxygen atoms in total. The molecule has 0 radical (unpaired) electrons. The Morgan fingerprint density at radius 2 is 1.55 bits per heavy atom. The third-order valence-corrected chi connectivity index (χ3v) is 14.6. The number of phenols is 2. The first kappa shape index (κ1) is 51.6. The highest BCUT2D eigenvalue weighted by molar-refractivity contribution is 6.31. The molecule has 4 atom stereocenters. The predicted octanol–water partition coefficient (Wildman–Crippen LogP) is 1.60. The number of aromatic hydroxyl groups is 2. The topological polar surface area (TPSA) is 313 Å². The van der Waals surface area contributed by atoms with E-state index in [1.807, 2.05) is 0 Å². The number of imide groups is 1. The van der Waals surface area contributed by atoms with E-state index < -0.39 is 52.7 Å². The van der Waals surface area contributed by atoms with E-state index in [0.29, 0.717) is 56.3 Å². The molecule has 2 aromatic carbocycles. The van der Waals surface area contributed by atoms with Crippen LogP contribution in [0.3, 0.4) is 0 Å². The van der Waals surface area contributed by atoms with E-state index in [1.54, 1.807) is 29.2 Å². The van der Waals surface area contributed by atoms with Gasteiger partial charge < -0.3 is 56.5 Å². The van der Waals surface area contributed by atoms with Crippen LogP contribution in [-0.2, 0) is 46.3 Å². The molecule has 2 saturated heterocycles. The number of nitrogens with zero attached hydrogens (tertiary/aromatic N) is 3. The van der Waals surface area contributed by atoms with Crippen molar-refractivity contribution in [3.05, 3.63) is 75.5 Å². The summed E-state index contributed by atoms with van der Waals surface area (Å²) in [4.78, 5) is 133. The van der Waals surface area contributed by atoms with Crippen LogP contribution in [0.2, 0.25) is 0 Å². The number of fused-ring (bicyclic) bond motifs is 3. The predicted molar refractivity (Wildman–Crippen MR) is 257 cm³/mol. The molecule has 22 heteroatoms. The molecule has 4 aliphatic carbocycles. The molecule has 2 aromatic rings. The maximum atomic E-state index is 13.8. The second kappa shape index (κ2) is 21.9. The van der Waals surface area contributed by atoms with Crippen LogP contribution < -0.4 is 31.7 Å². The average molecular weight is 1010 g/mol. The molecule has 2 heterocycles. The summed E-state index contributed by atoms with van der Waals surface area (Å²) in [5.41, 5.74) is 4.44. The molecule has 8 rings (SSSR count). The van der Waals surface area contributed by atoms with Crippen LogP contribution in [0.1, 0.15) is 107 Å². The Bertz CT molecular complexity index is 2690. The number of hydrogen-bond donors (Lipinski definition) is 7. The highest BCUT2D eigenvalue weighted by Crippen LogP contribution is 2.48. The first-order valence-electron chi connectivity index (χ1n) is 24.7. The summed E-state index contributed by atoms with van der Waals surface area (Å²) in [6.07, 6.45) is 8.56. The molecule has 9 amide bonds. The van der Waals surface area contributed by atoms with Gasteiger partial charge in [-0.15, -0.1) is 0 Å². The number of methoxy groups -OCH3 is 1. The fraction of sp³-hybridized carbons (Fsp3) is 0.490. The molecule has 8 N–H and O–H groups in total. The van der Waals surface area contributed by atoms with Gasteiger partial charge in [0.05, 0.1) is 37.0 Å². The summed E-state index contributed by atoms with van der Waals surface area (Å²) >= 11 is 0. The standard InChI is InChI=1S/C51H60N8O14/c1-72-35-7-5-6-33-40(35)46(67)42-41(44(33)65)45(66)34-24-29(11-14-32(34)43(42)64)47(68)57-20-22-58(23-21-57)50(71)73-27-28-9-12-31(13-10-28)55-48(69)51(25-30(51)17-18-53-49(52)70)56-37(61)26-54-36(60)8-3-2-4-19-59-38(62)15-16-39(59)63/h5-7,9,12-13,28-30,64,66H,2-4,8,10-11,14-27H2,1H3,(H,54,60)(H,55,69)(H,56,61)(H3,52,53,70)/t28?,29?,30-,51+/m0/s1. The van der Waals surface area contributed by atoms with Crippen LogP contribution >= 0.6 is 0 Å². The fourth-order valence-corrected chi connectivity index (χ4v) is 10.5. The SMILES string of the molecule is COc1cccc2c1C(=O)c1c(O)c3c(c(O)c1C2=O)CC(C(=O)N1CCN(C(=O)OCC2C=CC(NC(=O)[C@@]4(NC(=O)CNC(=O)CCCCCN5C(=O)CCC5=O)C[C@@H]4CCNC(N)=O)=CC2)CC1)CC3. The molecule has 0 spiro atoms. The molecule has 388 valence electrons. The van der Waals surface area contributed by atoms with Gasteiger partial charge in [-0.25, -0.2) is 9.59 Å². The Labute approximate surface area is 420 Å². The van der Waals surface area contributed by atoms with E-state index in [-0.39, 0.29) is 159 Å². The van der Waals surface area contributed by atoms with Gasteiger partial charge in [-0.05, 0) is 69.4 Å². The number of likely N-dealkylation sites (tertiary alicyclic amines) is 1. The van der Waals surface area contributed by atoms with Crippen molar-refractivity contribution < 1.29 is 67.6 Å². The summed E-state index contributed by atoms with van der Waals surface area (Å²) < 4.78 is 11.0. The molecule has 6 aliphatic rings. The minimum Gasteiger partial charge on any atom is -0.507 e. The lowest BCUT2D eigenvalue weighted by Crippen LogP contribution is -2.52. The van der Waals surface area contributed by atoms with E-state index in [2.05, 4.69) is 21.3 Å². The minimum atomic E-state index is -1.30. The number of allylic oxidation sites excluding steroid dienone is 2. The molecule has 2 unspecified atom stereocenters. The van der Waals surface area contributed by atoms with Crippen LogP contribution in [0.4, 0.5) is 9.59 Å². The molecular formula is C51H60N8O14. The van der Waals surface area contributed by atoms with Gasteiger partial charge in [0.2, 0.25) is 41.2 Å². The lowest BCUT2D eigenvalue weighted by atomic mass is 9.75. The third-order valence-electron chi connectivity index (χ3n) is 14.6. The highest BCUT2D eigenvalue weighted by Gasteiger charge is 2.60. The quantitative estimate of drug-likeness (QED) is 0.0541. The molecule has 0 aromatic heterocycles. The number of nitrogens with one attached hydrogen (secondary N) is 4. The zero-order chi connectivity index (χ0) is 52.1. The van der Waals surface area contributed by atoms with Crippen molar-refractivity contribution in [3.63, 3.8) is 0 Å². The van der Waals surface area contributed by atoms with Gasteiger partial charge in [-0.2, -0.15) is 0 Å². The number of ether oxygens (including phenoxy) is 2. The van der Waals surface area contributed by atoms with Crippen LogP contribution in [0.15, 0.2) is 42.1 Å². The normalized spacial score (nSPS) is 21.8. The van der Waals surface area contributed by atoms with Crippen molar-refractivity contribution in [3.8, 4) is 17.2 Å². The van der Waals surface area contributed by atoms with Gasteiger partial charge in [-0.3, -0.25) is 43.3 Å². The van der Waals surface area contributed by atoms with Crippen molar-refractivity contribution in [2.75, 3.05) is 59.5 Å². The fourth-order valence-electron chi connectivity index (χ4n) is 10.5. The van der Waals surface area contributed by atoms with E-state index >= 15 is 0 Å². The molecule has 1 saturated carbocycles. The smallest absolute Gasteiger partial charge is 0.409 e. The van der Waals surface area contributed by atoms with E-state index in [9.17, 15) is 58.2 Å². The summed E-state index contributed by atoms with van der Waals surface area (Å²) in [5.74, 6) is -5.00. The Morgan fingerprint density at radius 3 is 2.25 bits per heavy atom. The van der Waals surface area contributed by atoms with Gasteiger partial charge in [0.15, 0.2) is 5.78 Å². The first-order valence-corrected chi connectivity index (χ1v) is 24.7. The zero-order valence-corrected chi connectivity index (χ0v) is 40.6. The largest absolute Gasteiger partial charge is 0.507 e. The number of urea groups is 1. The number of nitrogens with two attached hydrogens (primary N) is 1. The molecule has 0 bridgehead atoms. The summed E-state index contributed by atoms with van der Waals surface area (Å²) in [6.45, 7) is 1.06. The van der Waals surface area contributed by atoms with Gasteiger partial charge >= 0.3 is 12.1 Å². The van der Waals surface area contributed by atoms with E-state index in [0.717, 1.165) is 0 Å². The number of ketones is 2. The molecule has 2 aliphatic heterocycles. The van der Waals surface area contributed by atoms with Crippen LogP contribution in [-0.4, -0.2) is 149 Å².